The van der Waals surface area contributed by atoms with Crippen LogP contribution in [0.25, 0.3) is 0 Å². The average Bonchev–Trinajstić information content (AvgIpc) is 2.55. The predicted molar refractivity (Wildman–Crippen MR) is 62.9 cm³/mol. The van der Waals surface area contributed by atoms with Crippen LogP contribution >= 0.6 is 0 Å². The van der Waals surface area contributed by atoms with Crippen molar-refractivity contribution in [3.05, 3.63) is 29.3 Å². The van der Waals surface area contributed by atoms with Crippen LogP contribution in [0, 0.1) is 0 Å². The van der Waals surface area contributed by atoms with Crippen molar-refractivity contribution in [3.8, 4) is 0 Å². The second-order valence-corrected chi connectivity index (χ2v) is 4.20. The highest BCUT2D eigenvalue weighted by molar-refractivity contribution is 6.61. The van der Waals surface area contributed by atoms with Crippen LogP contribution in [0.1, 0.15) is 24.2 Å². The lowest BCUT2D eigenvalue weighted by molar-refractivity contribution is -0.138. The lowest BCUT2D eigenvalue weighted by Gasteiger charge is -2.13. The van der Waals surface area contributed by atoms with E-state index in [0.29, 0.717) is 5.46 Å². The van der Waals surface area contributed by atoms with E-state index >= 15 is 0 Å². The van der Waals surface area contributed by atoms with Gasteiger partial charge in [-0.3, -0.25) is 4.79 Å². The van der Waals surface area contributed by atoms with Crippen LogP contribution in [0.3, 0.4) is 0 Å². The molecule has 6 heteroatoms. The minimum absolute atomic E-state index is 0.235. The molecule has 2 atom stereocenters. The Bertz CT molecular complexity index is 451. The molecule has 4 N–H and O–H groups in total. The molecule has 0 aromatic heterocycles. The number of hydrogen-bond acceptors (Lipinski definition) is 4. The van der Waals surface area contributed by atoms with Gasteiger partial charge in [0.2, 0.25) is 0 Å². The molecule has 0 saturated heterocycles. The SMILES string of the molecule is CC1OB(O)c2cccc(CC(N)C(=O)O)c21. The van der Waals surface area contributed by atoms with Gasteiger partial charge in [0.05, 0.1) is 6.10 Å². The van der Waals surface area contributed by atoms with Gasteiger partial charge in [0, 0.05) is 0 Å². The highest BCUT2D eigenvalue weighted by atomic mass is 16.5. The molecule has 1 aliphatic rings. The number of carboxylic acid groups (broad SMARTS) is 1. The van der Waals surface area contributed by atoms with E-state index in [9.17, 15) is 9.82 Å². The molecule has 17 heavy (non-hydrogen) atoms. The lowest BCUT2D eigenvalue weighted by Crippen LogP contribution is -2.33. The number of rotatable bonds is 3. The Kier molecular flexibility index (Phi) is 3.19. The minimum Gasteiger partial charge on any atom is -0.480 e. The standard InChI is InChI=1S/C11H14BNO4/c1-6-10-7(5-9(13)11(14)15)3-2-4-8(10)12(16)17-6/h2-4,6,9,16H,5,13H2,1H3,(H,14,15). The normalized spacial score (nSPS) is 20.2. The maximum absolute atomic E-state index is 10.7. The van der Waals surface area contributed by atoms with Crippen molar-refractivity contribution in [3.63, 3.8) is 0 Å². The van der Waals surface area contributed by atoms with Crippen LogP contribution in [0.15, 0.2) is 18.2 Å². The maximum atomic E-state index is 10.7. The van der Waals surface area contributed by atoms with Gasteiger partial charge in [-0.15, -0.1) is 0 Å². The number of fused-ring (bicyclic) bond motifs is 1. The fraction of sp³-hybridized carbons (Fsp3) is 0.364. The summed E-state index contributed by atoms with van der Waals surface area (Å²) in [6.07, 6.45) is -0.00366. The fourth-order valence-corrected chi connectivity index (χ4v) is 2.18. The molecule has 0 spiro atoms. The molecule has 0 amide bonds. The van der Waals surface area contributed by atoms with Crippen LogP contribution in [0.4, 0.5) is 0 Å². The average molecular weight is 235 g/mol. The highest BCUT2D eigenvalue weighted by Gasteiger charge is 2.34. The Balaban J connectivity index is 2.34. The maximum Gasteiger partial charge on any atom is 0.491 e. The van der Waals surface area contributed by atoms with Crippen molar-refractivity contribution in [1.82, 2.24) is 0 Å². The Hall–Kier alpha value is -1.37. The largest absolute Gasteiger partial charge is 0.491 e. The first kappa shape index (κ1) is 12.1. The van der Waals surface area contributed by atoms with E-state index in [2.05, 4.69) is 0 Å². The zero-order valence-corrected chi connectivity index (χ0v) is 9.46. The summed E-state index contributed by atoms with van der Waals surface area (Å²) >= 11 is 0. The van der Waals surface area contributed by atoms with Crippen LogP contribution < -0.4 is 11.2 Å². The Morgan fingerprint density at radius 1 is 1.65 bits per heavy atom. The van der Waals surface area contributed by atoms with Gasteiger partial charge in [-0.1, -0.05) is 18.2 Å². The number of aliphatic carboxylic acids is 1. The van der Waals surface area contributed by atoms with Crippen LogP contribution in [-0.2, 0) is 15.9 Å². The van der Waals surface area contributed by atoms with E-state index in [1.54, 1.807) is 12.1 Å². The molecule has 0 bridgehead atoms. The zero-order chi connectivity index (χ0) is 12.6. The summed E-state index contributed by atoms with van der Waals surface area (Å²) in [5.74, 6) is -1.03. The molecule has 1 aromatic rings. The van der Waals surface area contributed by atoms with E-state index in [0.717, 1.165) is 11.1 Å². The molecular weight excluding hydrogens is 221 g/mol. The lowest BCUT2D eigenvalue weighted by atomic mass is 9.77. The summed E-state index contributed by atoms with van der Waals surface area (Å²) in [6.45, 7) is 1.82. The van der Waals surface area contributed by atoms with Gasteiger partial charge in [-0.2, -0.15) is 0 Å². The summed E-state index contributed by atoms with van der Waals surface area (Å²) in [5.41, 5.74) is 7.90. The molecule has 0 fully saturated rings. The zero-order valence-electron chi connectivity index (χ0n) is 9.46. The summed E-state index contributed by atoms with van der Waals surface area (Å²) in [5, 5.41) is 18.5. The summed E-state index contributed by atoms with van der Waals surface area (Å²) in [7, 11) is -0.930. The second-order valence-electron chi connectivity index (χ2n) is 4.20. The molecule has 1 aromatic carbocycles. The molecule has 0 saturated carbocycles. The Labute approximate surface area is 99.3 Å². The monoisotopic (exact) mass is 235 g/mol. The van der Waals surface area contributed by atoms with Gasteiger partial charge in [-0.05, 0) is 29.9 Å². The summed E-state index contributed by atoms with van der Waals surface area (Å²) < 4.78 is 5.28. The van der Waals surface area contributed by atoms with Crippen molar-refractivity contribution in [2.24, 2.45) is 5.73 Å². The van der Waals surface area contributed by atoms with E-state index in [4.69, 9.17) is 15.5 Å². The summed E-state index contributed by atoms with van der Waals surface area (Å²) in [4.78, 5) is 10.7. The number of benzene rings is 1. The third-order valence-electron chi connectivity index (χ3n) is 2.99. The highest BCUT2D eigenvalue weighted by Crippen LogP contribution is 2.26. The quantitative estimate of drug-likeness (QED) is 0.609. The number of carboxylic acids is 1. The molecule has 5 nitrogen and oxygen atoms in total. The molecule has 1 heterocycles. The molecule has 2 unspecified atom stereocenters. The van der Waals surface area contributed by atoms with Crippen LogP contribution in [0.5, 0.6) is 0 Å². The third-order valence-corrected chi connectivity index (χ3v) is 2.99. The molecule has 90 valence electrons. The smallest absolute Gasteiger partial charge is 0.480 e. The van der Waals surface area contributed by atoms with Crippen LogP contribution in [0.2, 0.25) is 0 Å². The Morgan fingerprint density at radius 3 is 3.00 bits per heavy atom. The molecule has 0 radical (unpaired) electrons. The first-order valence-electron chi connectivity index (χ1n) is 5.44. The van der Waals surface area contributed by atoms with Crippen molar-refractivity contribution >= 4 is 18.6 Å². The van der Waals surface area contributed by atoms with Crippen molar-refractivity contribution in [2.45, 2.75) is 25.5 Å². The van der Waals surface area contributed by atoms with Crippen molar-refractivity contribution < 1.29 is 19.6 Å². The minimum atomic E-state index is -1.03. The van der Waals surface area contributed by atoms with Crippen molar-refractivity contribution in [2.75, 3.05) is 0 Å². The van der Waals surface area contributed by atoms with Gasteiger partial charge in [0.1, 0.15) is 6.04 Å². The first-order valence-corrected chi connectivity index (χ1v) is 5.44. The number of hydrogen-bond donors (Lipinski definition) is 3. The van der Waals surface area contributed by atoms with E-state index in [-0.39, 0.29) is 12.5 Å². The van der Waals surface area contributed by atoms with Gasteiger partial charge >= 0.3 is 13.1 Å². The number of carbonyl (C=O) groups is 1. The fourth-order valence-electron chi connectivity index (χ4n) is 2.18. The summed E-state index contributed by atoms with van der Waals surface area (Å²) in [6, 6.07) is 4.43. The van der Waals surface area contributed by atoms with Crippen LogP contribution in [-0.4, -0.2) is 29.3 Å². The van der Waals surface area contributed by atoms with Gasteiger partial charge < -0.3 is 20.5 Å². The van der Waals surface area contributed by atoms with Crippen molar-refractivity contribution in [1.29, 1.82) is 0 Å². The van der Waals surface area contributed by atoms with E-state index < -0.39 is 19.1 Å². The second kappa shape index (κ2) is 4.48. The van der Waals surface area contributed by atoms with Gasteiger partial charge in [-0.25, -0.2) is 0 Å². The van der Waals surface area contributed by atoms with Gasteiger partial charge in [0.15, 0.2) is 0 Å². The van der Waals surface area contributed by atoms with E-state index in [1.807, 2.05) is 13.0 Å². The Morgan fingerprint density at radius 2 is 2.35 bits per heavy atom. The first-order chi connectivity index (χ1) is 8.00. The molecule has 0 aliphatic carbocycles. The topological polar surface area (TPSA) is 92.8 Å². The predicted octanol–water partition coefficient (Wildman–Crippen LogP) is -0.580. The third kappa shape index (κ3) is 2.19. The molecular formula is C11H14BNO4. The number of nitrogens with two attached hydrogens (primary N) is 1. The van der Waals surface area contributed by atoms with E-state index in [1.165, 1.54) is 0 Å². The molecule has 1 aliphatic heterocycles. The van der Waals surface area contributed by atoms with Gasteiger partial charge in [0.25, 0.3) is 0 Å². The molecule has 2 rings (SSSR count).